The van der Waals surface area contributed by atoms with Gasteiger partial charge < -0.3 is 10.8 Å². The largest absolute Gasteiger partial charge is 0.480 e. The molecule has 0 aliphatic carbocycles. The Morgan fingerprint density at radius 3 is 2.53 bits per heavy atom. The zero-order valence-corrected chi connectivity index (χ0v) is 9.46. The molecule has 0 radical (unpaired) electrons. The van der Waals surface area contributed by atoms with Crippen LogP contribution >= 0.6 is 11.8 Å². The summed E-state index contributed by atoms with van der Waals surface area (Å²) in [6.07, 6.45) is 2.38. The maximum atomic E-state index is 11.2. The van der Waals surface area contributed by atoms with Crippen LogP contribution in [0.4, 0.5) is 0 Å². The average molecular weight is 225 g/mol. The Morgan fingerprint density at radius 2 is 2.07 bits per heavy atom. The molecule has 0 bridgehead atoms. The van der Waals surface area contributed by atoms with Gasteiger partial charge in [-0.25, -0.2) is 4.79 Å². The minimum Gasteiger partial charge on any atom is -0.480 e. The van der Waals surface area contributed by atoms with Gasteiger partial charge in [0.2, 0.25) is 0 Å². The van der Waals surface area contributed by atoms with Crippen LogP contribution in [0.3, 0.4) is 0 Å². The van der Waals surface area contributed by atoms with Crippen molar-refractivity contribution in [2.45, 2.75) is 12.0 Å². The fraction of sp³-hybridized carbons (Fsp3) is 0.364. The molecule has 0 aromatic heterocycles. The molecule has 0 heterocycles. The van der Waals surface area contributed by atoms with E-state index >= 15 is 0 Å². The first-order valence-corrected chi connectivity index (χ1v) is 6.07. The molecule has 3 N–H and O–H groups in total. The van der Waals surface area contributed by atoms with Gasteiger partial charge in [0.25, 0.3) is 0 Å². The summed E-state index contributed by atoms with van der Waals surface area (Å²) in [5.41, 5.74) is 5.33. The van der Waals surface area contributed by atoms with Gasteiger partial charge in [0, 0.05) is 0 Å². The van der Waals surface area contributed by atoms with Crippen LogP contribution in [0.15, 0.2) is 30.3 Å². The number of carboxylic acids is 1. The Hall–Kier alpha value is -1.00. The predicted molar refractivity (Wildman–Crippen MR) is 62.9 cm³/mol. The first-order chi connectivity index (χ1) is 7.11. The van der Waals surface area contributed by atoms with E-state index in [0.717, 1.165) is 5.75 Å². The molecule has 0 aliphatic rings. The molecular formula is C11H15NO2S. The minimum absolute atomic E-state index is 0.438. The van der Waals surface area contributed by atoms with Crippen LogP contribution in [0.1, 0.15) is 12.0 Å². The molecule has 1 atom stereocenters. The molecule has 15 heavy (non-hydrogen) atoms. The Balaban J connectivity index is 2.96. The van der Waals surface area contributed by atoms with Gasteiger partial charge in [0.15, 0.2) is 0 Å². The molecule has 0 unspecified atom stereocenters. The highest BCUT2D eigenvalue weighted by Crippen LogP contribution is 2.23. The fourth-order valence-corrected chi connectivity index (χ4v) is 1.90. The van der Waals surface area contributed by atoms with E-state index in [9.17, 15) is 9.90 Å². The third-order valence-corrected chi connectivity index (χ3v) is 2.98. The van der Waals surface area contributed by atoms with E-state index in [0.29, 0.717) is 12.0 Å². The maximum Gasteiger partial charge on any atom is 0.328 e. The lowest BCUT2D eigenvalue weighted by Crippen LogP contribution is -2.45. The minimum atomic E-state index is -1.26. The molecule has 0 amide bonds. The summed E-state index contributed by atoms with van der Waals surface area (Å²) >= 11 is 1.60. The van der Waals surface area contributed by atoms with E-state index in [2.05, 4.69) is 0 Å². The van der Waals surface area contributed by atoms with Crippen molar-refractivity contribution in [1.82, 2.24) is 0 Å². The molecular weight excluding hydrogens is 210 g/mol. The normalized spacial score (nSPS) is 14.5. The number of hydrogen-bond donors (Lipinski definition) is 2. The van der Waals surface area contributed by atoms with Crippen LogP contribution < -0.4 is 5.73 Å². The number of aliphatic carboxylic acids is 1. The van der Waals surface area contributed by atoms with Crippen LogP contribution in [0.2, 0.25) is 0 Å². The second-order valence-electron chi connectivity index (χ2n) is 3.39. The Morgan fingerprint density at radius 1 is 1.47 bits per heavy atom. The van der Waals surface area contributed by atoms with Gasteiger partial charge in [-0.3, -0.25) is 0 Å². The van der Waals surface area contributed by atoms with Gasteiger partial charge in [0.1, 0.15) is 5.54 Å². The van der Waals surface area contributed by atoms with Crippen LogP contribution in [0, 0.1) is 0 Å². The summed E-state index contributed by atoms with van der Waals surface area (Å²) in [5.74, 6) is -0.236. The van der Waals surface area contributed by atoms with Gasteiger partial charge in [-0.1, -0.05) is 30.3 Å². The highest BCUT2D eigenvalue weighted by atomic mass is 32.2. The van der Waals surface area contributed by atoms with Crippen molar-refractivity contribution in [2.75, 3.05) is 12.0 Å². The van der Waals surface area contributed by atoms with Crippen LogP contribution in [-0.4, -0.2) is 23.1 Å². The molecule has 1 aromatic rings. The van der Waals surface area contributed by atoms with E-state index < -0.39 is 11.5 Å². The smallest absolute Gasteiger partial charge is 0.328 e. The summed E-state index contributed by atoms with van der Waals surface area (Å²) in [6.45, 7) is 0. The lowest BCUT2D eigenvalue weighted by atomic mass is 9.88. The molecule has 0 saturated carbocycles. The maximum absolute atomic E-state index is 11.2. The molecule has 3 nitrogen and oxygen atoms in total. The van der Waals surface area contributed by atoms with Crippen molar-refractivity contribution in [2.24, 2.45) is 5.73 Å². The molecule has 1 aromatic carbocycles. The Kier molecular flexibility index (Phi) is 4.17. The first-order valence-electron chi connectivity index (χ1n) is 4.68. The van der Waals surface area contributed by atoms with Crippen LogP contribution in [-0.2, 0) is 10.3 Å². The van der Waals surface area contributed by atoms with Crippen molar-refractivity contribution < 1.29 is 9.90 Å². The van der Waals surface area contributed by atoms with Gasteiger partial charge >= 0.3 is 5.97 Å². The monoisotopic (exact) mass is 225 g/mol. The zero-order valence-electron chi connectivity index (χ0n) is 8.64. The topological polar surface area (TPSA) is 63.3 Å². The second-order valence-corrected chi connectivity index (χ2v) is 4.37. The van der Waals surface area contributed by atoms with Crippen molar-refractivity contribution >= 4 is 17.7 Å². The lowest BCUT2D eigenvalue weighted by molar-refractivity contribution is -0.143. The number of nitrogens with two attached hydrogens (primary N) is 1. The Bertz CT molecular complexity index is 329. The van der Waals surface area contributed by atoms with E-state index in [4.69, 9.17) is 5.73 Å². The van der Waals surface area contributed by atoms with Crippen molar-refractivity contribution in [3.63, 3.8) is 0 Å². The van der Waals surface area contributed by atoms with Crippen LogP contribution in [0.25, 0.3) is 0 Å². The molecule has 0 spiro atoms. The Labute approximate surface area is 93.7 Å². The number of benzene rings is 1. The van der Waals surface area contributed by atoms with E-state index in [1.165, 1.54) is 0 Å². The third-order valence-electron chi connectivity index (χ3n) is 2.37. The van der Waals surface area contributed by atoms with Gasteiger partial charge in [-0.15, -0.1) is 0 Å². The third kappa shape index (κ3) is 2.73. The van der Waals surface area contributed by atoms with E-state index in [1.54, 1.807) is 36.0 Å². The second kappa shape index (κ2) is 5.19. The summed E-state index contributed by atoms with van der Waals surface area (Å²) in [6, 6.07) is 8.97. The van der Waals surface area contributed by atoms with Crippen molar-refractivity contribution in [1.29, 1.82) is 0 Å². The quantitative estimate of drug-likeness (QED) is 0.800. The molecule has 0 saturated heterocycles. The number of thioether (sulfide) groups is 1. The van der Waals surface area contributed by atoms with Crippen LogP contribution in [0.5, 0.6) is 0 Å². The van der Waals surface area contributed by atoms with Gasteiger partial charge in [-0.05, 0) is 24.0 Å². The molecule has 0 aliphatic heterocycles. The average Bonchev–Trinajstić information content (AvgIpc) is 2.27. The van der Waals surface area contributed by atoms with Gasteiger partial charge in [-0.2, -0.15) is 11.8 Å². The highest BCUT2D eigenvalue weighted by molar-refractivity contribution is 7.98. The van der Waals surface area contributed by atoms with Crippen molar-refractivity contribution in [3.05, 3.63) is 35.9 Å². The summed E-state index contributed by atoms with van der Waals surface area (Å²) < 4.78 is 0. The zero-order chi connectivity index (χ0) is 11.3. The molecule has 0 fully saturated rings. The van der Waals surface area contributed by atoms with E-state index in [-0.39, 0.29) is 0 Å². The summed E-state index contributed by atoms with van der Waals surface area (Å²) in [4.78, 5) is 11.2. The number of hydrogen-bond acceptors (Lipinski definition) is 3. The van der Waals surface area contributed by atoms with Crippen molar-refractivity contribution in [3.8, 4) is 0 Å². The SMILES string of the molecule is CSCC[C@](N)(C(=O)O)c1ccccc1. The molecule has 4 heteroatoms. The number of carbonyl (C=O) groups is 1. The number of rotatable bonds is 5. The number of carboxylic acid groups (broad SMARTS) is 1. The standard InChI is InChI=1S/C11H15NO2S/c1-15-8-7-11(12,10(13)14)9-5-3-2-4-6-9/h2-6H,7-8,12H2,1H3,(H,13,14)/t11-/m1/s1. The predicted octanol–water partition coefficient (Wildman–Crippen LogP) is 1.68. The molecule has 82 valence electrons. The van der Waals surface area contributed by atoms with E-state index in [1.807, 2.05) is 12.3 Å². The first kappa shape index (κ1) is 12.1. The molecule has 1 rings (SSSR count). The summed E-state index contributed by atoms with van der Waals surface area (Å²) in [7, 11) is 0. The highest BCUT2D eigenvalue weighted by Gasteiger charge is 2.35. The fourth-order valence-electron chi connectivity index (χ4n) is 1.37. The van der Waals surface area contributed by atoms with Gasteiger partial charge in [0.05, 0.1) is 0 Å². The lowest BCUT2D eigenvalue weighted by Gasteiger charge is -2.24. The summed E-state index contributed by atoms with van der Waals surface area (Å²) in [5, 5.41) is 9.18.